The topological polar surface area (TPSA) is 32.7 Å². The maximum absolute atomic E-state index is 12.2. The fourth-order valence-corrected chi connectivity index (χ4v) is 5.39. The summed E-state index contributed by atoms with van der Waals surface area (Å²) in [7, 11) is 0. The second-order valence-corrected chi connectivity index (χ2v) is 8.60. The molecule has 1 aliphatic heterocycles. The number of carbonyl (C=O) groups excluding carboxylic acids is 1. The number of fused-ring (bicyclic) bond motifs is 1. The Balaban J connectivity index is 1.77. The van der Waals surface area contributed by atoms with E-state index in [2.05, 4.69) is 48.0 Å². The van der Waals surface area contributed by atoms with Gasteiger partial charge >= 0.3 is 0 Å². The standard InChI is InChI=1S/C19H20N2OS2/c1-12-9-14(11-15-5-3-7-23-15)18-16(10-12)19(17-6-4-8-24-17)21(20-18)13(2)22/h3-8,11-12,16,19H,9-10H2,1-2H3/t12-,16-,19-/m1/s1. The lowest BCUT2D eigenvalue weighted by Gasteiger charge is -2.31. The quantitative estimate of drug-likeness (QED) is 0.728. The molecule has 2 aromatic rings. The number of amides is 1. The first-order valence-corrected chi connectivity index (χ1v) is 10.1. The summed E-state index contributed by atoms with van der Waals surface area (Å²) in [4.78, 5) is 14.7. The highest BCUT2D eigenvalue weighted by atomic mass is 32.1. The monoisotopic (exact) mass is 356 g/mol. The van der Waals surface area contributed by atoms with Crippen molar-refractivity contribution in [1.82, 2.24) is 5.01 Å². The molecule has 4 rings (SSSR count). The first-order valence-electron chi connectivity index (χ1n) is 8.29. The van der Waals surface area contributed by atoms with Gasteiger partial charge < -0.3 is 0 Å². The molecule has 1 aliphatic carbocycles. The summed E-state index contributed by atoms with van der Waals surface area (Å²) < 4.78 is 0. The van der Waals surface area contributed by atoms with E-state index in [0.29, 0.717) is 11.8 Å². The summed E-state index contributed by atoms with van der Waals surface area (Å²) in [6, 6.07) is 8.47. The molecule has 5 heteroatoms. The van der Waals surface area contributed by atoms with Gasteiger partial charge in [0.1, 0.15) is 0 Å². The van der Waals surface area contributed by atoms with Gasteiger partial charge in [0.25, 0.3) is 0 Å². The zero-order valence-corrected chi connectivity index (χ0v) is 15.4. The van der Waals surface area contributed by atoms with Crippen molar-refractivity contribution in [2.24, 2.45) is 16.9 Å². The average molecular weight is 357 g/mol. The summed E-state index contributed by atoms with van der Waals surface area (Å²) in [6.07, 6.45) is 4.39. The summed E-state index contributed by atoms with van der Waals surface area (Å²) in [6.45, 7) is 3.93. The smallest absolute Gasteiger partial charge is 0.240 e. The van der Waals surface area contributed by atoms with Gasteiger partial charge in [0.15, 0.2) is 0 Å². The predicted octanol–water partition coefficient (Wildman–Crippen LogP) is 5.20. The minimum atomic E-state index is 0.0263. The van der Waals surface area contributed by atoms with E-state index in [4.69, 9.17) is 5.10 Å². The van der Waals surface area contributed by atoms with Gasteiger partial charge in [0.2, 0.25) is 5.91 Å². The van der Waals surface area contributed by atoms with E-state index < -0.39 is 0 Å². The second-order valence-electron chi connectivity index (χ2n) is 6.65. The largest absolute Gasteiger partial charge is 0.273 e. The zero-order valence-electron chi connectivity index (χ0n) is 13.8. The Morgan fingerprint density at radius 1 is 1.29 bits per heavy atom. The van der Waals surface area contributed by atoms with Gasteiger partial charge in [-0.05, 0) is 53.3 Å². The molecule has 0 bridgehead atoms. The van der Waals surface area contributed by atoms with Crippen LogP contribution in [0.1, 0.15) is 42.5 Å². The van der Waals surface area contributed by atoms with Crippen molar-refractivity contribution in [3.8, 4) is 0 Å². The summed E-state index contributed by atoms with van der Waals surface area (Å²) in [5.74, 6) is 0.940. The average Bonchev–Trinajstić information content (AvgIpc) is 3.26. The lowest BCUT2D eigenvalue weighted by molar-refractivity contribution is -0.131. The first-order chi connectivity index (χ1) is 11.6. The van der Waals surface area contributed by atoms with Crippen LogP contribution in [0.25, 0.3) is 6.08 Å². The van der Waals surface area contributed by atoms with Crippen molar-refractivity contribution in [2.75, 3.05) is 0 Å². The highest BCUT2D eigenvalue weighted by Crippen LogP contribution is 2.47. The normalized spacial score (nSPS) is 28.1. The van der Waals surface area contributed by atoms with Crippen LogP contribution in [0.15, 0.2) is 45.7 Å². The zero-order chi connectivity index (χ0) is 16.7. The molecule has 0 unspecified atom stereocenters. The molecule has 2 aromatic heterocycles. The molecule has 2 aliphatic rings. The summed E-state index contributed by atoms with van der Waals surface area (Å²) in [5.41, 5.74) is 2.42. The highest BCUT2D eigenvalue weighted by Gasteiger charge is 2.44. The third kappa shape index (κ3) is 2.76. The number of nitrogens with zero attached hydrogens (tertiary/aromatic N) is 2. The fraction of sp³-hybridized carbons (Fsp3) is 0.368. The molecule has 0 N–H and O–H groups in total. The molecule has 1 amide bonds. The Morgan fingerprint density at radius 3 is 2.75 bits per heavy atom. The third-order valence-corrected chi connectivity index (χ3v) is 6.54. The van der Waals surface area contributed by atoms with Crippen LogP contribution in [0.3, 0.4) is 0 Å². The van der Waals surface area contributed by atoms with Crippen molar-refractivity contribution in [3.05, 3.63) is 50.4 Å². The molecule has 1 fully saturated rings. The van der Waals surface area contributed by atoms with Gasteiger partial charge in [-0.3, -0.25) is 4.79 Å². The molecule has 0 aromatic carbocycles. The number of rotatable bonds is 2. The molecule has 0 spiro atoms. The molecule has 0 saturated heterocycles. The number of allylic oxidation sites excluding steroid dienone is 1. The van der Waals surface area contributed by atoms with E-state index in [1.165, 1.54) is 15.3 Å². The molecular formula is C19H20N2OS2. The molecule has 3 atom stereocenters. The van der Waals surface area contributed by atoms with Gasteiger partial charge in [0, 0.05) is 22.6 Å². The maximum Gasteiger partial charge on any atom is 0.240 e. The van der Waals surface area contributed by atoms with E-state index in [9.17, 15) is 4.79 Å². The van der Waals surface area contributed by atoms with Crippen molar-refractivity contribution < 1.29 is 4.79 Å². The van der Waals surface area contributed by atoms with Crippen LogP contribution in [0.2, 0.25) is 0 Å². The molecule has 3 heterocycles. The van der Waals surface area contributed by atoms with Crippen molar-refractivity contribution >= 4 is 40.4 Å². The van der Waals surface area contributed by atoms with Crippen LogP contribution < -0.4 is 0 Å². The Bertz CT molecular complexity index is 789. The number of thiophene rings is 2. The summed E-state index contributed by atoms with van der Waals surface area (Å²) >= 11 is 3.47. The van der Waals surface area contributed by atoms with E-state index in [1.807, 2.05) is 0 Å². The summed E-state index contributed by atoms with van der Waals surface area (Å²) in [5, 5.41) is 10.7. The predicted molar refractivity (Wildman–Crippen MR) is 101 cm³/mol. The van der Waals surface area contributed by atoms with E-state index in [-0.39, 0.29) is 11.9 Å². The fourth-order valence-electron chi connectivity index (χ4n) is 3.83. The Hall–Kier alpha value is -1.72. The lowest BCUT2D eigenvalue weighted by atomic mass is 9.74. The maximum atomic E-state index is 12.2. The number of carbonyl (C=O) groups is 1. The van der Waals surface area contributed by atoms with E-state index in [0.717, 1.165) is 18.6 Å². The Labute approximate surface area is 150 Å². The molecule has 3 nitrogen and oxygen atoms in total. The molecule has 24 heavy (non-hydrogen) atoms. The number of hydrogen-bond donors (Lipinski definition) is 0. The van der Waals surface area contributed by atoms with Crippen LogP contribution in [0.4, 0.5) is 0 Å². The van der Waals surface area contributed by atoms with Gasteiger partial charge in [-0.1, -0.05) is 19.1 Å². The lowest BCUT2D eigenvalue weighted by Crippen LogP contribution is -2.31. The van der Waals surface area contributed by atoms with Gasteiger partial charge in [-0.2, -0.15) is 5.10 Å². The molecule has 124 valence electrons. The van der Waals surface area contributed by atoms with Crippen LogP contribution in [-0.4, -0.2) is 16.6 Å². The SMILES string of the molecule is CC(=O)N1N=C2C(=Cc3cccs3)C[C@@H](C)C[C@H]2[C@@H]1c1cccs1. The van der Waals surface area contributed by atoms with Crippen LogP contribution >= 0.6 is 22.7 Å². The minimum Gasteiger partial charge on any atom is -0.273 e. The van der Waals surface area contributed by atoms with Crippen LogP contribution in [0, 0.1) is 11.8 Å². The second kappa shape index (κ2) is 6.30. The number of hydrazone groups is 1. The van der Waals surface area contributed by atoms with Crippen LogP contribution in [0.5, 0.6) is 0 Å². The highest BCUT2D eigenvalue weighted by molar-refractivity contribution is 7.11. The van der Waals surface area contributed by atoms with Crippen molar-refractivity contribution in [2.45, 2.75) is 32.7 Å². The third-order valence-electron chi connectivity index (χ3n) is 4.78. The molecule has 0 radical (unpaired) electrons. The van der Waals surface area contributed by atoms with E-state index in [1.54, 1.807) is 34.6 Å². The minimum absolute atomic E-state index is 0.0263. The number of hydrogen-bond acceptors (Lipinski definition) is 4. The van der Waals surface area contributed by atoms with E-state index >= 15 is 0 Å². The molecular weight excluding hydrogens is 336 g/mol. The molecule has 1 saturated carbocycles. The Morgan fingerprint density at radius 2 is 2.08 bits per heavy atom. The van der Waals surface area contributed by atoms with Crippen LogP contribution in [-0.2, 0) is 4.79 Å². The first kappa shape index (κ1) is 15.8. The van der Waals surface area contributed by atoms with Crippen molar-refractivity contribution in [3.63, 3.8) is 0 Å². The van der Waals surface area contributed by atoms with Gasteiger partial charge in [-0.25, -0.2) is 5.01 Å². The van der Waals surface area contributed by atoms with Crippen molar-refractivity contribution in [1.29, 1.82) is 0 Å². The Kier molecular flexibility index (Phi) is 4.14. The van der Waals surface area contributed by atoms with Gasteiger partial charge in [-0.15, -0.1) is 22.7 Å². The van der Waals surface area contributed by atoms with Gasteiger partial charge in [0.05, 0.1) is 11.8 Å².